The highest BCUT2D eigenvalue weighted by Crippen LogP contribution is 2.22. The van der Waals surface area contributed by atoms with Gasteiger partial charge in [0.2, 0.25) is 0 Å². The number of hydrogen-bond acceptors (Lipinski definition) is 4. The van der Waals surface area contributed by atoms with Gasteiger partial charge in [-0.3, -0.25) is 0 Å². The SMILES string of the molecule is Cc1c(F)cc(C(=O)O)cc1S(=O)(=O)CCCC#N. The molecular formula is C12H12FNO4S. The van der Waals surface area contributed by atoms with Crippen LogP contribution in [0.2, 0.25) is 0 Å². The van der Waals surface area contributed by atoms with Crippen LogP contribution in [-0.4, -0.2) is 25.2 Å². The van der Waals surface area contributed by atoms with Crippen LogP contribution in [0.25, 0.3) is 0 Å². The average molecular weight is 285 g/mol. The summed E-state index contributed by atoms with van der Waals surface area (Å²) in [6, 6.07) is 3.55. The summed E-state index contributed by atoms with van der Waals surface area (Å²) in [5.74, 6) is -2.59. The molecule has 1 N–H and O–H groups in total. The molecule has 1 aromatic carbocycles. The molecule has 0 aliphatic heterocycles. The van der Waals surface area contributed by atoms with Crippen LogP contribution in [0.3, 0.4) is 0 Å². The van der Waals surface area contributed by atoms with E-state index >= 15 is 0 Å². The van der Waals surface area contributed by atoms with Crippen molar-refractivity contribution in [1.29, 1.82) is 5.26 Å². The molecule has 0 saturated heterocycles. The summed E-state index contributed by atoms with van der Waals surface area (Å²) in [4.78, 5) is 10.5. The maximum Gasteiger partial charge on any atom is 0.335 e. The van der Waals surface area contributed by atoms with Gasteiger partial charge in [-0.05, 0) is 25.5 Å². The van der Waals surface area contributed by atoms with Gasteiger partial charge >= 0.3 is 5.97 Å². The molecule has 0 aliphatic rings. The molecule has 5 nitrogen and oxygen atoms in total. The molecule has 0 spiro atoms. The third-order valence-corrected chi connectivity index (χ3v) is 4.50. The highest BCUT2D eigenvalue weighted by molar-refractivity contribution is 7.91. The van der Waals surface area contributed by atoms with Gasteiger partial charge in [0.15, 0.2) is 9.84 Å². The van der Waals surface area contributed by atoms with E-state index in [1.54, 1.807) is 0 Å². The Morgan fingerprint density at radius 3 is 2.63 bits per heavy atom. The van der Waals surface area contributed by atoms with E-state index in [1.165, 1.54) is 6.92 Å². The van der Waals surface area contributed by atoms with Crippen LogP contribution in [0.5, 0.6) is 0 Å². The third-order valence-electron chi connectivity index (χ3n) is 2.58. The molecule has 1 aromatic rings. The molecule has 0 saturated carbocycles. The van der Waals surface area contributed by atoms with Crippen LogP contribution < -0.4 is 0 Å². The number of nitrogens with zero attached hydrogens (tertiary/aromatic N) is 1. The standard InChI is InChI=1S/C12H12FNO4S/c1-8-10(13)6-9(12(15)16)7-11(8)19(17,18)5-3-2-4-14/h6-7H,2-3,5H2,1H3,(H,15,16). The van der Waals surface area contributed by atoms with Crippen molar-refractivity contribution in [3.05, 3.63) is 29.1 Å². The number of benzene rings is 1. The van der Waals surface area contributed by atoms with Crippen LogP contribution in [0.4, 0.5) is 4.39 Å². The molecule has 7 heteroatoms. The monoisotopic (exact) mass is 285 g/mol. The second kappa shape index (κ2) is 5.80. The molecule has 1 rings (SSSR count). The zero-order valence-electron chi connectivity index (χ0n) is 10.2. The molecule has 0 aliphatic carbocycles. The first-order valence-corrected chi connectivity index (χ1v) is 7.08. The fraction of sp³-hybridized carbons (Fsp3) is 0.333. The Kier molecular flexibility index (Phi) is 4.62. The van der Waals surface area contributed by atoms with Crippen molar-refractivity contribution >= 4 is 15.8 Å². The number of carbonyl (C=O) groups is 1. The fourth-order valence-electron chi connectivity index (χ4n) is 1.55. The molecule has 0 aromatic heterocycles. The Hall–Kier alpha value is -1.94. The maximum absolute atomic E-state index is 13.5. The molecule has 0 atom stereocenters. The molecule has 0 bridgehead atoms. The van der Waals surface area contributed by atoms with Crippen molar-refractivity contribution < 1.29 is 22.7 Å². The summed E-state index contributed by atoms with van der Waals surface area (Å²) < 4.78 is 37.5. The number of aromatic carboxylic acids is 1. The molecule has 102 valence electrons. The Bertz CT molecular complexity index is 646. The molecule has 0 heterocycles. The van der Waals surface area contributed by atoms with Crippen LogP contribution >= 0.6 is 0 Å². The highest BCUT2D eigenvalue weighted by atomic mass is 32.2. The number of carboxylic acid groups (broad SMARTS) is 1. The van der Waals surface area contributed by atoms with E-state index in [2.05, 4.69) is 0 Å². The first-order chi connectivity index (χ1) is 8.79. The lowest BCUT2D eigenvalue weighted by molar-refractivity contribution is 0.0696. The van der Waals surface area contributed by atoms with Gasteiger partial charge in [0.1, 0.15) is 5.82 Å². The molecule has 0 unspecified atom stereocenters. The second-order valence-electron chi connectivity index (χ2n) is 3.97. The lowest BCUT2D eigenvalue weighted by Gasteiger charge is -2.09. The quantitative estimate of drug-likeness (QED) is 0.834. The van der Waals surface area contributed by atoms with Crippen LogP contribution in [-0.2, 0) is 9.84 Å². The normalized spacial score (nSPS) is 11.0. The summed E-state index contributed by atoms with van der Waals surface area (Å²) in [5, 5.41) is 17.2. The number of halogens is 1. The highest BCUT2D eigenvalue weighted by Gasteiger charge is 2.21. The van der Waals surface area contributed by atoms with Crippen molar-refractivity contribution in [2.24, 2.45) is 0 Å². The van der Waals surface area contributed by atoms with E-state index in [0.29, 0.717) is 0 Å². The third kappa shape index (κ3) is 3.51. The average Bonchev–Trinajstić information content (AvgIpc) is 2.32. The van der Waals surface area contributed by atoms with Gasteiger partial charge < -0.3 is 5.11 Å². The van der Waals surface area contributed by atoms with Crippen molar-refractivity contribution in [2.45, 2.75) is 24.7 Å². The van der Waals surface area contributed by atoms with Crippen LogP contribution in [0, 0.1) is 24.1 Å². The summed E-state index contributed by atoms with van der Waals surface area (Å²) in [5.41, 5.74) is -0.524. The van der Waals surface area contributed by atoms with Crippen molar-refractivity contribution in [1.82, 2.24) is 0 Å². The Labute approximate surface area is 110 Å². The molecule has 0 radical (unpaired) electrons. The Balaban J connectivity index is 3.26. The molecular weight excluding hydrogens is 273 g/mol. The number of nitriles is 1. The van der Waals surface area contributed by atoms with Gasteiger partial charge in [-0.25, -0.2) is 17.6 Å². The van der Waals surface area contributed by atoms with Crippen molar-refractivity contribution in [3.63, 3.8) is 0 Å². The molecule has 0 fully saturated rings. The zero-order valence-corrected chi connectivity index (χ0v) is 11.0. The van der Waals surface area contributed by atoms with Gasteiger partial charge in [-0.15, -0.1) is 0 Å². The smallest absolute Gasteiger partial charge is 0.335 e. The minimum absolute atomic E-state index is 0.0688. The van der Waals surface area contributed by atoms with E-state index < -0.39 is 27.2 Å². The number of hydrogen-bond donors (Lipinski definition) is 1. The van der Waals surface area contributed by atoms with E-state index in [-0.39, 0.29) is 29.1 Å². The van der Waals surface area contributed by atoms with E-state index in [4.69, 9.17) is 10.4 Å². The van der Waals surface area contributed by atoms with E-state index in [1.807, 2.05) is 6.07 Å². The van der Waals surface area contributed by atoms with Crippen molar-refractivity contribution in [3.8, 4) is 6.07 Å². The zero-order chi connectivity index (χ0) is 14.6. The van der Waals surface area contributed by atoms with E-state index in [9.17, 15) is 17.6 Å². The largest absolute Gasteiger partial charge is 0.478 e. The number of rotatable bonds is 5. The van der Waals surface area contributed by atoms with Gasteiger partial charge in [0.05, 0.1) is 22.3 Å². The minimum Gasteiger partial charge on any atom is -0.478 e. The van der Waals surface area contributed by atoms with Gasteiger partial charge in [-0.2, -0.15) is 5.26 Å². The number of unbranched alkanes of at least 4 members (excludes halogenated alkanes) is 1. The Morgan fingerprint density at radius 2 is 2.11 bits per heavy atom. The lowest BCUT2D eigenvalue weighted by Crippen LogP contribution is -2.11. The number of carboxylic acids is 1. The van der Waals surface area contributed by atoms with Crippen LogP contribution in [0.1, 0.15) is 28.8 Å². The predicted molar refractivity (Wildman–Crippen MR) is 65.0 cm³/mol. The first kappa shape index (κ1) is 15.1. The topological polar surface area (TPSA) is 95.2 Å². The van der Waals surface area contributed by atoms with E-state index in [0.717, 1.165) is 12.1 Å². The summed E-state index contributed by atoms with van der Waals surface area (Å²) in [6.45, 7) is 1.28. The molecule has 0 amide bonds. The van der Waals surface area contributed by atoms with Crippen molar-refractivity contribution in [2.75, 3.05) is 5.75 Å². The van der Waals surface area contributed by atoms with Gasteiger partial charge in [0, 0.05) is 12.0 Å². The summed E-state index contributed by atoms with van der Waals surface area (Å²) in [7, 11) is -3.80. The molecule has 19 heavy (non-hydrogen) atoms. The van der Waals surface area contributed by atoms with Gasteiger partial charge in [0.25, 0.3) is 0 Å². The second-order valence-corrected chi connectivity index (χ2v) is 6.04. The summed E-state index contributed by atoms with van der Waals surface area (Å²) in [6.07, 6.45) is 0.191. The number of sulfone groups is 1. The van der Waals surface area contributed by atoms with Gasteiger partial charge in [-0.1, -0.05) is 0 Å². The minimum atomic E-state index is -3.80. The predicted octanol–water partition coefficient (Wildman–Crippen LogP) is 1.91. The lowest BCUT2D eigenvalue weighted by atomic mass is 10.1. The van der Waals surface area contributed by atoms with Crippen LogP contribution in [0.15, 0.2) is 17.0 Å². The fourth-order valence-corrected chi connectivity index (χ4v) is 3.17. The maximum atomic E-state index is 13.5. The Morgan fingerprint density at radius 1 is 1.47 bits per heavy atom. The first-order valence-electron chi connectivity index (χ1n) is 5.42. The summed E-state index contributed by atoms with van der Waals surface area (Å²) >= 11 is 0.